The van der Waals surface area contributed by atoms with E-state index in [1.165, 1.54) is 16.7 Å². The van der Waals surface area contributed by atoms with Crippen LogP contribution in [0.3, 0.4) is 0 Å². The second-order valence-corrected chi connectivity index (χ2v) is 3.62. The summed E-state index contributed by atoms with van der Waals surface area (Å²) in [6, 6.07) is 0. The maximum atomic E-state index is 3.44. The Labute approximate surface area is 98.3 Å². The van der Waals surface area contributed by atoms with Crippen LogP contribution >= 0.6 is 0 Å². The van der Waals surface area contributed by atoms with E-state index in [-0.39, 0.29) is 41.0 Å². The summed E-state index contributed by atoms with van der Waals surface area (Å²) in [6.45, 7) is 10.9. The van der Waals surface area contributed by atoms with Gasteiger partial charge in [-0.2, -0.15) is 11.1 Å². The van der Waals surface area contributed by atoms with Crippen molar-refractivity contribution in [2.75, 3.05) is 0 Å². The van der Waals surface area contributed by atoms with Gasteiger partial charge in [0.2, 0.25) is 0 Å². The molecule has 0 aliphatic heterocycles. The summed E-state index contributed by atoms with van der Waals surface area (Å²) in [5.41, 5.74) is 4.39. The Morgan fingerprint density at radius 3 is 1.46 bits per heavy atom. The Hall–Kier alpha value is 0.223. The Kier molecular flexibility index (Phi) is 8.51. The summed E-state index contributed by atoms with van der Waals surface area (Å²) >= 11 is 0. The van der Waals surface area contributed by atoms with E-state index in [1.807, 2.05) is 0 Å². The first-order valence-electron chi connectivity index (χ1n) is 3.75. The molecule has 0 amide bonds. The average molecular weight is 264 g/mol. The van der Waals surface area contributed by atoms with Crippen molar-refractivity contribution < 1.29 is 35.6 Å². The third kappa shape index (κ3) is 3.46. The van der Waals surface area contributed by atoms with Crippen LogP contribution < -0.4 is 9.41 Å². The Morgan fingerprint density at radius 2 is 1.38 bits per heavy atom. The smallest absolute Gasteiger partial charge is 1.00 e. The van der Waals surface area contributed by atoms with Crippen LogP contribution in [-0.4, -0.2) is 0 Å². The van der Waals surface area contributed by atoms with E-state index in [0.717, 1.165) is 0 Å². The molecule has 0 nitrogen and oxygen atoms in total. The van der Waals surface area contributed by atoms with Gasteiger partial charge in [-0.05, 0) is 0 Å². The average Bonchev–Trinajstić information content (AvgIpc) is 1.95. The third-order valence-electron chi connectivity index (χ3n) is 2.56. The molecule has 73 valence electrons. The minimum absolute atomic E-state index is 0. The summed E-state index contributed by atoms with van der Waals surface area (Å²) < 4.78 is 0. The molecule has 3 heteroatoms. The minimum Gasteiger partial charge on any atom is -1.00 e. The maximum absolute atomic E-state index is 3.44. The van der Waals surface area contributed by atoms with Gasteiger partial charge >= 0.3 is 26.2 Å². The van der Waals surface area contributed by atoms with E-state index in [2.05, 4.69) is 40.7 Å². The van der Waals surface area contributed by atoms with Gasteiger partial charge in [-0.1, -0.05) is 33.1 Å². The van der Waals surface area contributed by atoms with Gasteiger partial charge in [-0.15, -0.1) is 6.92 Å². The molecule has 0 bridgehead atoms. The van der Waals surface area contributed by atoms with E-state index in [9.17, 15) is 0 Å². The Balaban J connectivity index is -0.000000333. The van der Waals surface area contributed by atoms with Gasteiger partial charge in [0, 0.05) is 0 Å². The summed E-state index contributed by atoms with van der Waals surface area (Å²) in [6.07, 6.45) is 3.44. The SMILES string of the molecule is CC1=[C-]C(C)(C)C(C)=C1C.[F-].[F-].[Zr+3]. The summed E-state index contributed by atoms with van der Waals surface area (Å²) in [4.78, 5) is 0. The van der Waals surface area contributed by atoms with Crippen LogP contribution in [0.15, 0.2) is 16.7 Å². The zero-order chi connectivity index (χ0) is 7.94. The number of rotatable bonds is 0. The van der Waals surface area contributed by atoms with Gasteiger partial charge in [0.25, 0.3) is 0 Å². The predicted molar refractivity (Wildman–Crippen MR) is 44.6 cm³/mol. The molecule has 1 aliphatic rings. The van der Waals surface area contributed by atoms with Crippen molar-refractivity contribution in [1.82, 2.24) is 0 Å². The van der Waals surface area contributed by atoms with Crippen LogP contribution in [-0.2, 0) is 26.2 Å². The Bertz CT molecular complexity index is 227. The van der Waals surface area contributed by atoms with E-state index in [0.29, 0.717) is 0 Å². The molecule has 1 radical (unpaired) electrons. The molecular weight excluding hydrogens is 249 g/mol. The largest absolute Gasteiger partial charge is 3.00 e. The molecule has 0 saturated heterocycles. The molecule has 0 aromatic heterocycles. The van der Waals surface area contributed by atoms with Crippen LogP contribution in [0.4, 0.5) is 0 Å². The summed E-state index contributed by atoms with van der Waals surface area (Å²) in [5, 5.41) is 0. The quantitative estimate of drug-likeness (QED) is 0.412. The first-order valence-corrected chi connectivity index (χ1v) is 3.75. The molecule has 0 unspecified atom stereocenters. The van der Waals surface area contributed by atoms with E-state index in [1.54, 1.807) is 0 Å². The van der Waals surface area contributed by atoms with Crippen LogP contribution in [0.5, 0.6) is 0 Å². The van der Waals surface area contributed by atoms with Gasteiger partial charge in [0.1, 0.15) is 0 Å². The molecule has 0 N–H and O–H groups in total. The van der Waals surface area contributed by atoms with Crippen molar-refractivity contribution in [3.8, 4) is 0 Å². The van der Waals surface area contributed by atoms with Crippen LogP contribution in [0.2, 0.25) is 0 Å². The molecule has 0 fully saturated rings. The van der Waals surface area contributed by atoms with E-state index < -0.39 is 0 Å². The molecule has 0 aromatic carbocycles. The van der Waals surface area contributed by atoms with Crippen LogP contribution in [0.25, 0.3) is 0 Å². The molecular formula is C10H15F2Zr. The van der Waals surface area contributed by atoms with Crippen molar-refractivity contribution in [1.29, 1.82) is 0 Å². The minimum atomic E-state index is 0. The van der Waals surface area contributed by atoms with Gasteiger partial charge in [-0.3, -0.25) is 6.08 Å². The number of hydrogen-bond acceptors (Lipinski definition) is 0. The van der Waals surface area contributed by atoms with Crippen molar-refractivity contribution >= 4 is 0 Å². The standard InChI is InChI=1S/C10H15.2FH.Zr/c1-7-6-10(4,5)9(3)8(7)2;;;/h1-5H3;2*1H;/q-1;;;+3/p-2. The summed E-state index contributed by atoms with van der Waals surface area (Å²) in [5.74, 6) is 0. The normalized spacial score (nSPS) is 18.1. The zero-order valence-corrected chi connectivity index (χ0v) is 11.2. The molecule has 0 heterocycles. The maximum Gasteiger partial charge on any atom is 3.00 e. The number of allylic oxidation sites excluding steroid dienone is 4. The molecule has 13 heavy (non-hydrogen) atoms. The van der Waals surface area contributed by atoms with Crippen molar-refractivity contribution in [3.05, 3.63) is 22.8 Å². The fraction of sp³-hybridized carbons (Fsp3) is 0.600. The van der Waals surface area contributed by atoms with E-state index >= 15 is 0 Å². The fourth-order valence-corrected chi connectivity index (χ4v) is 1.41. The number of halogens is 2. The molecule has 0 aromatic rings. The van der Waals surface area contributed by atoms with Crippen molar-refractivity contribution in [3.63, 3.8) is 0 Å². The number of hydrogen-bond donors (Lipinski definition) is 0. The van der Waals surface area contributed by atoms with Gasteiger partial charge in [0.05, 0.1) is 0 Å². The van der Waals surface area contributed by atoms with Crippen LogP contribution in [0.1, 0.15) is 34.6 Å². The molecule has 0 spiro atoms. The zero-order valence-electron chi connectivity index (χ0n) is 8.76. The molecule has 1 rings (SSSR count). The van der Waals surface area contributed by atoms with Gasteiger partial charge in [0.15, 0.2) is 0 Å². The topological polar surface area (TPSA) is 0 Å². The Morgan fingerprint density at radius 1 is 1.00 bits per heavy atom. The second kappa shape index (κ2) is 5.85. The second-order valence-electron chi connectivity index (χ2n) is 3.62. The van der Waals surface area contributed by atoms with Gasteiger partial charge in [-0.25, -0.2) is 5.57 Å². The molecule has 0 atom stereocenters. The molecule has 1 aliphatic carbocycles. The predicted octanol–water partition coefficient (Wildman–Crippen LogP) is -2.88. The fourth-order valence-electron chi connectivity index (χ4n) is 1.41. The van der Waals surface area contributed by atoms with E-state index in [4.69, 9.17) is 0 Å². The van der Waals surface area contributed by atoms with Gasteiger partial charge < -0.3 is 9.41 Å². The first-order chi connectivity index (χ1) is 4.45. The summed E-state index contributed by atoms with van der Waals surface area (Å²) in [7, 11) is 0. The monoisotopic (exact) mass is 263 g/mol. The van der Waals surface area contributed by atoms with Crippen LogP contribution in [0, 0.1) is 11.5 Å². The third-order valence-corrected chi connectivity index (χ3v) is 2.56. The van der Waals surface area contributed by atoms with Crippen molar-refractivity contribution in [2.24, 2.45) is 5.41 Å². The first kappa shape index (κ1) is 18.9. The van der Waals surface area contributed by atoms with Crippen molar-refractivity contribution in [2.45, 2.75) is 34.6 Å². The molecule has 0 saturated carbocycles.